The molecular formula is C21H26ClN. The third-order valence-electron chi connectivity index (χ3n) is 4.82. The van der Waals surface area contributed by atoms with Gasteiger partial charge in [0.2, 0.25) is 0 Å². The largest absolute Gasteiger partial charge is 0.192 e. The Morgan fingerprint density at radius 1 is 1.13 bits per heavy atom. The summed E-state index contributed by atoms with van der Waals surface area (Å²) in [5.74, 6) is 8.09. The highest BCUT2D eigenvalue weighted by atomic mass is 35.5. The first-order valence-electron chi connectivity index (χ1n) is 8.94. The van der Waals surface area contributed by atoms with Crippen LogP contribution in [0.5, 0.6) is 0 Å². The van der Waals surface area contributed by atoms with Crippen molar-refractivity contribution in [2.45, 2.75) is 64.7 Å². The maximum atomic E-state index is 8.89. The van der Waals surface area contributed by atoms with E-state index in [4.69, 9.17) is 16.9 Å². The second-order valence-electron chi connectivity index (χ2n) is 6.64. The lowest BCUT2D eigenvalue weighted by molar-refractivity contribution is 0.294. The Morgan fingerprint density at radius 2 is 1.91 bits per heavy atom. The lowest BCUT2D eigenvalue weighted by Gasteiger charge is -2.25. The van der Waals surface area contributed by atoms with Crippen molar-refractivity contribution >= 4 is 11.6 Å². The summed E-state index contributed by atoms with van der Waals surface area (Å²) in [6, 6.07) is 7.51. The number of nitrogens with zero attached hydrogens (tertiary/aromatic N) is 1. The topological polar surface area (TPSA) is 23.8 Å². The molecule has 1 aliphatic rings. The Bertz CT molecular complexity index is 594. The van der Waals surface area contributed by atoms with Crippen LogP contribution in [0, 0.1) is 35.0 Å². The van der Waals surface area contributed by atoms with Crippen molar-refractivity contribution in [3.8, 4) is 17.9 Å². The molecule has 0 aromatic heterocycles. The number of benzene rings is 1. The highest BCUT2D eigenvalue weighted by Crippen LogP contribution is 2.31. The van der Waals surface area contributed by atoms with E-state index in [1.54, 1.807) is 12.1 Å². The van der Waals surface area contributed by atoms with Crippen molar-refractivity contribution in [2.24, 2.45) is 11.8 Å². The van der Waals surface area contributed by atoms with Crippen LogP contribution in [0.15, 0.2) is 18.2 Å². The molecule has 0 atom stereocenters. The van der Waals surface area contributed by atoms with Crippen molar-refractivity contribution < 1.29 is 0 Å². The first-order valence-corrected chi connectivity index (χ1v) is 9.32. The second kappa shape index (κ2) is 9.64. The van der Waals surface area contributed by atoms with Crippen LogP contribution in [-0.4, -0.2) is 0 Å². The van der Waals surface area contributed by atoms with Crippen LogP contribution >= 0.6 is 11.6 Å². The number of hydrogen-bond acceptors (Lipinski definition) is 1. The molecule has 0 heterocycles. The average Bonchev–Trinajstić information content (AvgIpc) is 2.58. The maximum Gasteiger partial charge on any atom is 0.101 e. The monoisotopic (exact) mass is 327 g/mol. The van der Waals surface area contributed by atoms with Gasteiger partial charge in [-0.2, -0.15) is 5.26 Å². The summed E-state index contributed by atoms with van der Waals surface area (Å²) < 4.78 is 0. The van der Waals surface area contributed by atoms with Gasteiger partial charge in [-0.3, -0.25) is 0 Å². The SMILES string of the molecule is CCCCCCC1CCC(C#Cc2ccc(C#N)c(Cl)c2)CC1. The molecule has 1 aromatic carbocycles. The molecule has 0 bridgehead atoms. The fraction of sp³-hybridized carbons (Fsp3) is 0.571. The zero-order valence-corrected chi connectivity index (χ0v) is 14.8. The van der Waals surface area contributed by atoms with Crippen molar-refractivity contribution in [3.05, 3.63) is 34.3 Å². The van der Waals surface area contributed by atoms with Crippen molar-refractivity contribution in [2.75, 3.05) is 0 Å². The van der Waals surface area contributed by atoms with E-state index in [1.807, 2.05) is 6.07 Å². The van der Waals surface area contributed by atoms with E-state index in [1.165, 1.54) is 57.8 Å². The molecule has 0 aliphatic heterocycles. The molecule has 1 saturated carbocycles. The van der Waals surface area contributed by atoms with Gasteiger partial charge in [0.25, 0.3) is 0 Å². The molecule has 122 valence electrons. The summed E-state index contributed by atoms with van der Waals surface area (Å²) in [4.78, 5) is 0. The van der Waals surface area contributed by atoms with E-state index in [0.29, 0.717) is 16.5 Å². The van der Waals surface area contributed by atoms with Crippen LogP contribution in [-0.2, 0) is 0 Å². The minimum Gasteiger partial charge on any atom is -0.192 e. The fourth-order valence-electron chi connectivity index (χ4n) is 3.32. The molecule has 0 saturated heterocycles. The normalized spacial score (nSPS) is 20.4. The first kappa shape index (κ1) is 17.9. The number of unbranched alkanes of at least 4 members (excludes halogenated alkanes) is 3. The van der Waals surface area contributed by atoms with Crippen LogP contribution in [0.1, 0.15) is 75.8 Å². The summed E-state index contributed by atoms with van der Waals surface area (Å²) in [6.07, 6.45) is 12.0. The van der Waals surface area contributed by atoms with Gasteiger partial charge in [-0.05, 0) is 49.8 Å². The summed E-state index contributed by atoms with van der Waals surface area (Å²) in [5, 5.41) is 9.38. The zero-order valence-electron chi connectivity index (χ0n) is 14.1. The van der Waals surface area contributed by atoms with Crippen LogP contribution < -0.4 is 0 Å². The molecule has 23 heavy (non-hydrogen) atoms. The predicted octanol–water partition coefficient (Wildman–Crippen LogP) is 6.34. The van der Waals surface area contributed by atoms with Crippen LogP contribution in [0.3, 0.4) is 0 Å². The summed E-state index contributed by atoms with van der Waals surface area (Å²) in [7, 11) is 0. The molecule has 0 spiro atoms. The molecule has 1 aromatic rings. The fourth-order valence-corrected chi connectivity index (χ4v) is 3.55. The van der Waals surface area contributed by atoms with Crippen molar-refractivity contribution in [1.29, 1.82) is 5.26 Å². The first-order chi connectivity index (χ1) is 11.2. The van der Waals surface area contributed by atoms with Gasteiger partial charge in [-0.15, -0.1) is 0 Å². The minimum atomic E-state index is 0.495. The third-order valence-corrected chi connectivity index (χ3v) is 5.14. The van der Waals surface area contributed by atoms with Crippen LogP contribution in [0.2, 0.25) is 5.02 Å². The van der Waals surface area contributed by atoms with Gasteiger partial charge in [-0.1, -0.05) is 62.5 Å². The van der Waals surface area contributed by atoms with E-state index in [0.717, 1.165) is 11.5 Å². The van der Waals surface area contributed by atoms with E-state index in [2.05, 4.69) is 24.8 Å². The van der Waals surface area contributed by atoms with E-state index < -0.39 is 0 Å². The van der Waals surface area contributed by atoms with Gasteiger partial charge in [0, 0.05) is 11.5 Å². The molecule has 0 radical (unpaired) electrons. The smallest absolute Gasteiger partial charge is 0.101 e. The van der Waals surface area contributed by atoms with Gasteiger partial charge in [-0.25, -0.2) is 0 Å². The number of halogens is 1. The molecule has 2 rings (SSSR count). The Morgan fingerprint density at radius 3 is 2.57 bits per heavy atom. The molecule has 0 amide bonds. The number of hydrogen-bond donors (Lipinski definition) is 0. The third kappa shape index (κ3) is 5.93. The summed E-state index contributed by atoms with van der Waals surface area (Å²) in [6.45, 7) is 2.27. The van der Waals surface area contributed by atoms with Gasteiger partial charge < -0.3 is 0 Å². The van der Waals surface area contributed by atoms with Gasteiger partial charge in [0.1, 0.15) is 6.07 Å². The Hall–Kier alpha value is -1.44. The zero-order chi connectivity index (χ0) is 16.5. The molecular weight excluding hydrogens is 302 g/mol. The minimum absolute atomic E-state index is 0.495. The molecule has 1 fully saturated rings. The lowest BCUT2D eigenvalue weighted by Crippen LogP contribution is -2.13. The number of rotatable bonds is 5. The van der Waals surface area contributed by atoms with E-state index >= 15 is 0 Å². The molecule has 0 N–H and O–H groups in total. The summed E-state index contributed by atoms with van der Waals surface area (Å²) >= 11 is 6.05. The van der Waals surface area contributed by atoms with E-state index in [-0.39, 0.29) is 0 Å². The standard InChI is InChI=1S/C21H26ClN/c1-2-3-4-5-6-17-7-9-18(10-8-17)11-12-19-13-14-20(16-23)21(22)15-19/h13-15,17-18H,2-10H2,1H3. The van der Waals surface area contributed by atoms with Gasteiger partial charge >= 0.3 is 0 Å². The highest BCUT2D eigenvalue weighted by molar-refractivity contribution is 6.31. The lowest BCUT2D eigenvalue weighted by atomic mass is 9.80. The van der Waals surface area contributed by atoms with Crippen molar-refractivity contribution in [3.63, 3.8) is 0 Å². The molecule has 1 aliphatic carbocycles. The maximum absolute atomic E-state index is 8.89. The summed E-state index contributed by atoms with van der Waals surface area (Å²) in [5.41, 5.74) is 1.43. The van der Waals surface area contributed by atoms with Gasteiger partial charge in [0.15, 0.2) is 0 Å². The molecule has 2 heteroatoms. The Balaban J connectivity index is 1.79. The second-order valence-corrected chi connectivity index (χ2v) is 7.05. The van der Waals surface area contributed by atoms with Crippen LogP contribution in [0.4, 0.5) is 0 Å². The molecule has 0 unspecified atom stereocenters. The molecule has 1 nitrogen and oxygen atoms in total. The predicted molar refractivity (Wildman–Crippen MR) is 97.3 cm³/mol. The number of nitriles is 1. The Labute approximate surface area is 146 Å². The van der Waals surface area contributed by atoms with E-state index in [9.17, 15) is 0 Å². The highest BCUT2D eigenvalue weighted by Gasteiger charge is 2.19. The van der Waals surface area contributed by atoms with Crippen LogP contribution in [0.25, 0.3) is 0 Å². The van der Waals surface area contributed by atoms with Crippen molar-refractivity contribution in [1.82, 2.24) is 0 Å². The Kier molecular flexibility index (Phi) is 7.51. The van der Waals surface area contributed by atoms with Gasteiger partial charge in [0.05, 0.1) is 10.6 Å². The average molecular weight is 328 g/mol. The quantitative estimate of drug-likeness (QED) is 0.457.